The Bertz CT molecular complexity index is 692. The van der Waals surface area contributed by atoms with Crippen molar-refractivity contribution in [1.29, 1.82) is 0 Å². The third-order valence-corrected chi connectivity index (χ3v) is 3.55. The zero-order chi connectivity index (χ0) is 20.1. The maximum Gasteiger partial charge on any atom is 0.251 e. The van der Waals surface area contributed by atoms with Crippen molar-refractivity contribution in [2.45, 2.75) is 32.2 Å². The van der Waals surface area contributed by atoms with Gasteiger partial charge in [-0.25, -0.2) is 5.48 Å². The van der Waals surface area contributed by atoms with E-state index in [1.165, 1.54) is 5.48 Å². The number of hydrogen-bond acceptors (Lipinski definition) is 5. The summed E-state index contributed by atoms with van der Waals surface area (Å²) in [6.45, 7) is 2.69. The molecule has 0 saturated carbocycles. The number of nitrogens with one attached hydrogen (secondary N) is 3. The van der Waals surface area contributed by atoms with Crippen molar-refractivity contribution >= 4 is 17.7 Å². The number of amides is 3. The molecule has 0 unspecified atom stereocenters. The number of hydrogen-bond donors (Lipinski definition) is 4. The fraction of sp³-hybridized carbons (Fsp3) is 0.421. The number of rotatable bonds is 9. The van der Waals surface area contributed by atoms with Crippen LogP contribution in [0.2, 0.25) is 0 Å². The lowest BCUT2D eigenvalue weighted by Crippen LogP contribution is -2.47. The molecule has 0 saturated heterocycles. The van der Waals surface area contributed by atoms with Gasteiger partial charge in [-0.15, -0.1) is 0 Å². The van der Waals surface area contributed by atoms with Crippen LogP contribution in [0.3, 0.4) is 0 Å². The van der Waals surface area contributed by atoms with E-state index in [4.69, 9.17) is 9.94 Å². The monoisotopic (exact) mass is 375 g/mol. The van der Waals surface area contributed by atoms with Gasteiger partial charge < -0.3 is 15.4 Å². The number of ether oxygens (including phenoxy) is 1. The number of benzene rings is 1. The van der Waals surface area contributed by atoms with E-state index in [1.807, 2.05) is 6.92 Å². The Morgan fingerprint density at radius 2 is 1.93 bits per heavy atom. The average molecular weight is 375 g/mol. The van der Waals surface area contributed by atoms with Gasteiger partial charge in [-0.05, 0) is 37.1 Å². The van der Waals surface area contributed by atoms with Crippen molar-refractivity contribution in [2.24, 2.45) is 0 Å². The molecule has 146 valence electrons. The van der Waals surface area contributed by atoms with E-state index in [2.05, 4.69) is 22.5 Å². The first-order chi connectivity index (χ1) is 13.0. The molecule has 0 aromatic heterocycles. The summed E-state index contributed by atoms with van der Waals surface area (Å²) in [7, 11) is 1.55. The fourth-order valence-electron chi connectivity index (χ4n) is 2.13. The minimum Gasteiger partial charge on any atom is -0.372 e. The van der Waals surface area contributed by atoms with E-state index >= 15 is 0 Å². The predicted octanol–water partition coefficient (Wildman–Crippen LogP) is 0.595. The second-order valence-electron chi connectivity index (χ2n) is 5.70. The summed E-state index contributed by atoms with van der Waals surface area (Å²) in [5.41, 5.74) is 2.61. The van der Waals surface area contributed by atoms with Crippen LogP contribution in [-0.2, 0) is 14.3 Å². The van der Waals surface area contributed by atoms with Gasteiger partial charge in [-0.1, -0.05) is 18.8 Å². The molecule has 0 radical (unpaired) electrons. The van der Waals surface area contributed by atoms with E-state index in [-0.39, 0.29) is 18.7 Å². The third kappa shape index (κ3) is 8.35. The van der Waals surface area contributed by atoms with Crippen LogP contribution in [0.25, 0.3) is 0 Å². The first-order valence-electron chi connectivity index (χ1n) is 8.61. The van der Waals surface area contributed by atoms with Crippen molar-refractivity contribution in [3.05, 3.63) is 35.4 Å². The van der Waals surface area contributed by atoms with E-state index in [9.17, 15) is 14.4 Å². The van der Waals surface area contributed by atoms with Crippen molar-refractivity contribution in [3.8, 4) is 11.8 Å². The highest BCUT2D eigenvalue weighted by Crippen LogP contribution is 2.06. The molecule has 0 heterocycles. The molecule has 4 N–H and O–H groups in total. The zero-order valence-electron chi connectivity index (χ0n) is 15.5. The summed E-state index contributed by atoms with van der Waals surface area (Å²) >= 11 is 0. The van der Waals surface area contributed by atoms with Crippen molar-refractivity contribution in [3.63, 3.8) is 0 Å². The molecule has 1 aromatic rings. The van der Waals surface area contributed by atoms with Gasteiger partial charge >= 0.3 is 0 Å². The first kappa shape index (κ1) is 22.2. The highest BCUT2D eigenvalue weighted by Gasteiger charge is 2.22. The van der Waals surface area contributed by atoms with Crippen LogP contribution in [0.1, 0.15) is 42.1 Å². The summed E-state index contributed by atoms with van der Waals surface area (Å²) in [5.74, 6) is 4.27. The Hall–Kier alpha value is -2.89. The molecule has 3 amide bonds. The molecular weight excluding hydrogens is 350 g/mol. The molecule has 0 aliphatic heterocycles. The molecule has 0 aliphatic rings. The summed E-state index contributed by atoms with van der Waals surface area (Å²) in [6.07, 6.45) is 0.707. The van der Waals surface area contributed by atoms with Gasteiger partial charge in [0.1, 0.15) is 12.6 Å². The molecule has 0 aliphatic carbocycles. The maximum atomic E-state index is 12.4. The minimum absolute atomic E-state index is 0.0637. The standard InChI is InChI=1S/C19H25N3O5/c1-3-12-20-19(25)16(10-11-17(23)22-26)21-18(24)15-8-6-14(7-9-15)5-4-13-27-2/h6-9,16,26H,3,10-13H2,1-2H3,(H,20,25)(H,21,24)(H,22,23)/t16-/m0/s1. The number of carbonyl (C=O) groups excluding carboxylic acids is 3. The molecular formula is C19H25N3O5. The quantitative estimate of drug-likeness (QED) is 0.286. The van der Waals surface area contributed by atoms with Crippen molar-refractivity contribution < 1.29 is 24.3 Å². The molecule has 0 bridgehead atoms. The smallest absolute Gasteiger partial charge is 0.251 e. The van der Waals surface area contributed by atoms with Crippen molar-refractivity contribution in [1.82, 2.24) is 16.1 Å². The summed E-state index contributed by atoms with van der Waals surface area (Å²) in [4.78, 5) is 35.9. The lowest BCUT2D eigenvalue weighted by Gasteiger charge is -2.18. The maximum absolute atomic E-state index is 12.4. The third-order valence-electron chi connectivity index (χ3n) is 3.55. The Kier molecular flexibility index (Phi) is 10.2. The largest absolute Gasteiger partial charge is 0.372 e. The van der Waals surface area contributed by atoms with Crippen LogP contribution in [-0.4, -0.2) is 49.2 Å². The molecule has 8 nitrogen and oxygen atoms in total. The van der Waals surface area contributed by atoms with E-state index in [1.54, 1.807) is 31.4 Å². The number of carbonyl (C=O) groups is 3. The Morgan fingerprint density at radius 3 is 2.52 bits per heavy atom. The lowest BCUT2D eigenvalue weighted by atomic mass is 10.1. The van der Waals surface area contributed by atoms with Crippen molar-refractivity contribution in [2.75, 3.05) is 20.3 Å². The second kappa shape index (κ2) is 12.5. The van der Waals surface area contributed by atoms with Crippen LogP contribution in [0.5, 0.6) is 0 Å². The average Bonchev–Trinajstić information content (AvgIpc) is 2.69. The van der Waals surface area contributed by atoms with Crippen LogP contribution in [0.15, 0.2) is 24.3 Å². The first-order valence-corrected chi connectivity index (χ1v) is 8.61. The Morgan fingerprint density at radius 1 is 1.22 bits per heavy atom. The highest BCUT2D eigenvalue weighted by atomic mass is 16.5. The van der Waals surface area contributed by atoms with Gasteiger partial charge in [-0.3, -0.25) is 19.6 Å². The molecule has 1 rings (SSSR count). The Balaban J connectivity index is 2.77. The van der Waals surface area contributed by atoms with Crippen LogP contribution in [0.4, 0.5) is 0 Å². The minimum atomic E-state index is -0.887. The summed E-state index contributed by atoms with van der Waals surface area (Å²) < 4.78 is 4.85. The molecule has 0 fully saturated rings. The lowest BCUT2D eigenvalue weighted by molar-refractivity contribution is -0.129. The van der Waals surface area contributed by atoms with Gasteiger partial charge in [0.05, 0.1) is 0 Å². The second-order valence-corrected chi connectivity index (χ2v) is 5.70. The van der Waals surface area contributed by atoms with Gasteiger partial charge in [0.25, 0.3) is 5.91 Å². The summed E-state index contributed by atoms with van der Waals surface area (Å²) in [6, 6.07) is 5.72. The van der Waals surface area contributed by atoms with Crippen LogP contribution >= 0.6 is 0 Å². The summed E-state index contributed by atoms with van der Waals surface area (Å²) in [5, 5.41) is 13.9. The van der Waals surface area contributed by atoms with Crippen LogP contribution in [0, 0.1) is 11.8 Å². The van der Waals surface area contributed by atoms with Gasteiger partial charge in [0, 0.05) is 31.2 Å². The SMILES string of the molecule is CCCNC(=O)[C@H](CCC(=O)NO)NC(=O)c1ccc(C#CCOC)cc1. The fourth-order valence-corrected chi connectivity index (χ4v) is 2.13. The molecule has 8 heteroatoms. The molecule has 1 atom stereocenters. The number of methoxy groups -OCH3 is 1. The molecule has 1 aromatic carbocycles. The van der Waals surface area contributed by atoms with E-state index < -0.39 is 17.9 Å². The molecule has 27 heavy (non-hydrogen) atoms. The molecule has 0 spiro atoms. The van der Waals surface area contributed by atoms with Crippen LogP contribution < -0.4 is 16.1 Å². The van der Waals surface area contributed by atoms with Gasteiger partial charge in [0.2, 0.25) is 11.8 Å². The topological polar surface area (TPSA) is 117 Å². The van der Waals surface area contributed by atoms with Gasteiger partial charge in [0.15, 0.2) is 0 Å². The van der Waals surface area contributed by atoms with E-state index in [0.717, 1.165) is 12.0 Å². The van der Waals surface area contributed by atoms with E-state index in [0.29, 0.717) is 18.7 Å². The zero-order valence-corrected chi connectivity index (χ0v) is 15.5. The van der Waals surface area contributed by atoms with Gasteiger partial charge in [-0.2, -0.15) is 0 Å². The highest BCUT2D eigenvalue weighted by molar-refractivity contribution is 5.97. The number of hydroxylamine groups is 1. The normalized spacial score (nSPS) is 10.9. The predicted molar refractivity (Wildman–Crippen MR) is 98.9 cm³/mol. The Labute approximate surface area is 158 Å².